The van der Waals surface area contributed by atoms with Gasteiger partial charge in [-0.2, -0.15) is 5.10 Å². The Morgan fingerprint density at radius 3 is 2.67 bits per heavy atom. The van der Waals surface area contributed by atoms with Crippen LogP contribution < -0.4 is 10.7 Å². The van der Waals surface area contributed by atoms with E-state index in [1.807, 2.05) is 0 Å². The van der Waals surface area contributed by atoms with Crippen molar-refractivity contribution in [1.29, 1.82) is 0 Å². The average Bonchev–Trinajstić information content (AvgIpc) is 2.53. The van der Waals surface area contributed by atoms with E-state index in [9.17, 15) is 14.0 Å². The van der Waals surface area contributed by atoms with E-state index in [1.54, 1.807) is 13.1 Å². The summed E-state index contributed by atoms with van der Waals surface area (Å²) in [4.78, 5) is 24.8. The second-order valence-electron chi connectivity index (χ2n) is 5.04. The predicted molar refractivity (Wildman–Crippen MR) is 91.4 cm³/mol. The smallest absolute Gasteiger partial charge is 0.280 e. The van der Waals surface area contributed by atoms with Crippen LogP contribution in [0.25, 0.3) is 10.9 Å². The number of aryl methyl sites for hydroxylation is 1. The number of aromatic nitrogens is 2. The minimum atomic E-state index is -0.744. The summed E-state index contributed by atoms with van der Waals surface area (Å²) >= 11 is 11.8. The number of anilines is 1. The molecule has 1 heterocycles. The largest absolute Gasteiger partial charge is 0.319 e. The van der Waals surface area contributed by atoms with Gasteiger partial charge in [-0.15, -0.1) is 0 Å². The van der Waals surface area contributed by atoms with Crippen LogP contribution in [-0.2, 0) is 7.05 Å². The molecular weight excluding hydrogens is 356 g/mol. The lowest BCUT2D eigenvalue weighted by Gasteiger charge is -2.09. The minimum absolute atomic E-state index is 0.0693. The Hall–Kier alpha value is -2.44. The van der Waals surface area contributed by atoms with Crippen LogP contribution in [0.2, 0.25) is 10.0 Å². The van der Waals surface area contributed by atoms with Gasteiger partial charge < -0.3 is 5.32 Å². The Bertz CT molecular complexity index is 1030. The lowest BCUT2D eigenvalue weighted by molar-refractivity contribution is 0.101. The molecular formula is C16H10Cl2FN3O2. The molecule has 5 nitrogen and oxygen atoms in total. The molecule has 1 N–H and O–H groups in total. The first kappa shape index (κ1) is 16.4. The summed E-state index contributed by atoms with van der Waals surface area (Å²) in [6, 6.07) is 8.23. The molecule has 0 fully saturated rings. The zero-order chi connectivity index (χ0) is 17.4. The van der Waals surface area contributed by atoms with Crippen molar-refractivity contribution in [3.63, 3.8) is 0 Å². The molecule has 24 heavy (non-hydrogen) atoms. The number of halogens is 3. The molecule has 0 saturated carbocycles. The van der Waals surface area contributed by atoms with Crippen molar-refractivity contribution in [2.24, 2.45) is 7.05 Å². The van der Waals surface area contributed by atoms with Gasteiger partial charge in [0.25, 0.3) is 5.91 Å². The molecule has 0 bridgehead atoms. The maximum atomic E-state index is 13.4. The fraction of sp³-hybridized carbons (Fsp3) is 0.0625. The molecule has 2 aromatic carbocycles. The molecule has 0 aliphatic heterocycles. The van der Waals surface area contributed by atoms with Gasteiger partial charge in [0.05, 0.1) is 21.6 Å². The molecule has 0 aliphatic carbocycles. The Morgan fingerprint density at radius 1 is 1.21 bits per heavy atom. The van der Waals surface area contributed by atoms with Gasteiger partial charge in [0, 0.05) is 12.1 Å². The number of benzene rings is 2. The van der Waals surface area contributed by atoms with E-state index in [1.165, 1.54) is 28.9 Å². The van der Waals surface area contributed by atoms with Gasteiger partial charge in [-0.25, -0.2) is 4.39 Å². The number of carbonyl (C=O) groups excluding carboxylic acids is 1. The highest BCUT2D eigenvalue weighted by atomic mass is 35.5. The first-order chi connectivity index (χ1) is 11.4. The lowest BCUT2D eigenvalue weighted by Crippen LogP contribution is -2.26. The minimum Gasteiger partial charge on any atom is -0.319 e. The highest BCUT2D eigenvalue weighted by Gasteiger charge is 2.18. The molecule has 1 aromatic heterocycles. The Balaban J connectivity index is 2.07. The highest BCUT2D eigenvalue weighted by molar-refractivity contribution is 6.36. The van der Waals surface area contributed by atoms with Crippen molar-refractivity contribution in [2.45, 2.75) is 0 Å². The third-order valence-corrected chi connectivity index (χ3v) is 3.96. The van der Waals surface area contributed by atoms with Crippen molar-refractivity contribution in [3.05, 3.63) is 68.2 Å². The molecule has 1 amide bonds. The first-order valence-electron chi connectivity index (χ1n) is 6.80. The summed E-state index contributed by atoms with van der Waals surface area (Å²) < 4.78 is 14.8. The highest BCUT2D eigenvalue weighted by Crippen LogP contribution is 2.25. The third kappa shape index (κ3) is 2.98. The molecule has 0 saturated heterocycles. The summed E-state index contributed by atoms with van der Waals surface area (Å²) in [6.45, 7) is 0. The predicted octanol–water partition coefficient (Wildman–Crippen LogP) is 3.63. The van der Waals surface area contributed by atoms with Gasteiger partial charge in [0.1, 0.15) is 5.82 Å². The average molecular weight is 366 g/mol. The number of nitrogens with zero attached hydrogens (tertiary/aromatic N) is 2. The SMILES string of the molecule is Cn1nc(C(=O)Nc2ccc(Cl)cc2Cl)c(=O)c2cc(F)ccc21. The van der Waals surface area contributed by atoms with E-state index in [4.69, 9.17) is 23.2 Å². The molecule has 0 radical (unpaired) electrons. The molecule has 0 aliphatic rings. The standard InChI is InChI=1S/C16H10Cl2FN3O2/c1-22-13-5-3-9(19)7-10(13)15(23)14(21-22)16(24)20-12-4-2-8(17)6-11(12)18/h2-7H,1H3,(H,20,24). The van der Waals surface area contributed by atoms with Crippen molar-refractivity contribution in [2.75, 3.05) is 5.32 Å². The Kier molecular flexibility index (Phi) is 4.26. The van der Waals surface area contributed by atoms with Gasteiger partial charge in [-0.05, 0) is 36.4 Å². The normalized spacial score (nSPS) is 10.8. The third-order valence-electron chi connectivity index (χ3n) is 3.41. The zero-order valence-electron chi connectivity index (χ0n) is 12.3. The number of rotatable bonds is 2. The molecule has 3 rings (SSSR count). The van der Waals surface area contributed by atoms with Gasteiger partial charge in [-0.3, -0.25) is 14.3 Å². The maximum Gasteiger partial charge on any atom is 0.280 e. The first-order valence-corrected chi connectivity index (χ1v) is 7.55. The van der Waals surface area contributed by atoms with Gasteiger partial charge in [0.15, 0.2) is 5.69 Å². The van der Waals surface area contributed by atoms with Crippen LogP contribution in [-0.4, -0.2) is 15.7 Å². The van der Waals surface area contributed by atoms with Crippen LogP contribution in [0.15, 0.2) is 41.2 Å². The molecule has 8 heteroatoms. The van der Waals surface area contributed by atoms with Crippen LogP contribution >= 0.6 is 23.2 Å². The van der Waals surface area contributed by atoms with E-state index in [0.717, 1.165) is 6.07 Å². The molecule has 0 unspecified atom stereocenters. The van der Waals surface area contributed by atoms with E-state index in [-0.39, 0.29) is 21.8 Å². The van der Waals surface area contributed by atoms with Crippen LogP contribution in [0.3, 0.4) is 0 Å². The van der Waals surface area contributed by atoms with Crippen LogP contribution in [0.5, 0.6) is 0 Å². The second kappa shape index (κ2) is 6.22. The topological polar surface area (TPSA) is 64.0 Å². The number of carbonyl (C=O) groups is 1. The van der Waals surface area contributed by atoms with Crippen LogP contribution in [0.4, 0.5) is 10.1 Å². The fourth-order valence-electron chi connectivity index (χ4n) is 2.27. The molecule has 0 spiro atoms. The van der Waals surface area contributed by atoms with E-state index in [0.29, 0.717) is 10.5 Å². The van der Waals surface area contributed by atoms with Crippen molar-refractivity contribution < 1.29 is 9.18 Å². The Morgan fingerprint density at radius 2 is 1.96 bits per heavy atom. The molecule has 0 atom stereocenters. The van der Waals surface area contributed by atoms with Gasteiger partial charge >= 0.3 is 0 Å². The number of nitrogens with one attached hydrogen (secondary N) is 1. The van der Waals surface area contributed by atoms with E-state index >= 15 is 0 Å². The van der Waals surface area contributed by atoms with Gasteiger partial charge in [-0.1, -0.05) is 23.2 Å². The summed E-state index contributed by atoms with van der Waals surface area (Å²) in [5, 5.41) is 7.18. The fourth-order valence-corrected chi connectivity index (χ4v) is 2.73. The van der Waals surface area contributed by atoms with E-state index in [2.05, 4.69) is 10.4 Å². The monoisotopic (exact) mass is 365 g/mol. The zero-order valence-corrected chi connectivity index (χ0v) is 13.8. The maximum absolute atomic E-state index is 13.4. The van der Waals surface area contributed by atoms with Crippen molar-refractivity contribution >= 4 is 45.7 Å². The van der Waals surface area contributed by atoms with E-state index < -0.39 is 17.2 Å². The van der Waals surface area contributed by atoms with Crippen LogP contribution in [0.1, 0.15) is 10.5 Å². The van der Waals surface area contributed by atoms with Crippen LogP contribution in [0, 0.1) is 5.82 Å². The Labute approximate surface area is 145 Å². The number of amides is 1. The second-order valence-corrected chi connectivity index (χ2v) is 5.88. The summed E-state index contributed by atoms with van der Waals surface area (Å²) in [5.74, 6) is -1.32. The van der Waals surface area contributed by atoms with Crippen molar-refractivity contribution in [3.8, 4) is 0 Å². The summed E-state index contributed by atoms with van der Waals surface area (Å²) in [5.41, 5.74) is -0.316. The molecule has 3 aromatic rings. The number of hydrogen-bond acceptors (Lipinski definition) is 3. The van der Waals surface area contributed by atoms with Gasteiger partial charge in [0.2, 0.25) is 5.43 Å². The number of fused-ring (bicyclic) bond motifs is 1. The number of hydrogen-bond donors (Lipinski definition) is 1. The van der Waals surface area contributed by atoms with Crippen molar-refractivity contribution in [1.82, 2.24) is 9.78 Å². The summed E-state index contributed by atoms with van der Waals surface area (Å²) in [6.07, 6.45) is 0. The quantitative estimate of drug-likeness (QED) is 0.753. The summed E-state index contributed by atoms with van der Waals surface area (Å²) in [7, 11) is 1.56. The lowest BCUT2D eigenvalue weighted by atomic mass is 10.2. The molecule has 122 valence electrons.